The summed E-state index contributed by atoms with van der Waals surface area (Å²) >= 11 is 5.28. The van der Waals surface area contributed by atoms with E-state index in [0.29, 0.717) is 0 Å². The molecular formula is C15H23ClN6O11P2. The van der Waals surface area contributed by atoms with Gasteiger partial charge in [0, 0.05) is 6.54 Å². The first-order valence-electron chi connectivity index (χ1n) is 9.83. The van der Waals surface area contributed by atoms with Crippen molar-refractivity contribution in [3.05, 3.63) is 16.7 Å². The van der Waals surface area contributed by atoms with Crippen LogP contribution in [-0.2, 0) is 27.7 Å². The van der Waals surface area contributed by atoms with E-state index in [-0.39, 0.29) is 29.5 Å². The van der Waals surface area contributed by atoms with Crippen LogP contribution in [0.1, 0.15) is 6.23 Å². The van der Waals surface area contributed by atoms with Crippen LogP contribution in [0, 0.1) is 0 Å². The third-order valence-electron chi connectivity index (χ3n) is 4.70. The van der Waals surface area contributed by atoms with Crippen molar-refractivity contribution in [3.8, 4) is 0 Å². The lowest BCUT2D eigenvalue weighted by molar-refractivity contribution is -0.118. The van der Waals surface area contributed by atoms with Crippen LogP contribution in [0.25, 0.3) is 11.2 Å². The molecule has 6 unspecified atom stereocenters. The smallest absolute Gasteiger partial charge is 0.340 e. The minimum atomic E-state index is -4.73. The number of aromatic nitrogens is 4. The quantitative estimate of drug-likeness (QED) is 0.0893. The van der Waals surface area contributed by atoms with E-state index in [1.807, 2.05) is 0 Å². The molecule has 3 rings (SSSR count). The lowest BCUT2D eigenvalue weighted by Gasteiger charge is -2.19. The second-order valence-corrected chi connectivity index (χ2v) is 11.8. The number of nitrogens with one attached hydrogen (secondary N) is 2. The number of hydrogen-bond donors (Lipinski definition) is 7. The van der Waals surface area contributed by atoms with E-state index in [4.69, 9.17) is 26.6 Å². The summed E-state index contributed by atoms with van der Waals surface area (Å²) in [6.07, 6.45) is -4.73. The molecule has 17 nitrogen and oxygen atoms in total. The van der Waals surface area contributed by atoms with E-state index in [2.05, 4.69) is 24.8 Å². The normalized spacial score (nSPS) is 25.9. The monoisotopic (exact) mass is 560 g/mol. The highest BCUT2D eigenvalue weighted by atomic mass is 35.5. The molecule has 6 atom stereocenters. The molecule has 1 aliphatic heterocycles. The summed E-state index contributed by atoms with van der Waals surface area (Å²) in [6, 6.07) is 0. The van der Waals surface area contributed by atoms with E-state index in [9.17, 15) is 38.7 Å². The molecule has 0 spiro atoms. The molecule has 0 bridgehead atoms. The lowest BCUT2D eigenvalue weighted by Crippen LogP contribution is -2.33. The maximum absolute atomic E-state index is 12.3. The number of aromatic amines is 1. The van der Waals surface area contributed by atoms with Gasteiger partial charge in [0.1, 0.15) is 24.2 Å². The van der Waals surface area contributed by atoms with Gasteiger partial charge >= 0.3 is 15.2 Å². The fourth-order valence-electron chi connectivity index (χ4n) is 3.15. The van der Waals surface area contributed by atoms with Gasteiger partial charge in [0.25, 0.3) is 5.56 Å². The number of fused-ring (bicyclic) bond motifs is 1. The van der Waals surface area contributed by atoms with Crippen molar-refractivity contribution >= 4 is 49.8 Å². The van der Waals surface area contributed by atoms with Gasteiger partial charge in [-0.1, -0.05) is 0 Å². The number of amides is 1. The first kappa shape index (κ1) is 27.7. The van der Waals surface area contributed by atoms with Crippen molar-refractivity contribution in [1.29, 1.82) is 0 Å². The number of rotatable bonds is 11. The van der Waals surface area contributed by atoms with Gasteiger partial charge in [-0.15, -0.1) is 11.6 Å². The predicted molar refractivity (Wildman–Crippen MR) is 119 cm³/mol. The topological polar surface area (TPSA) is 261 Å². The maximum Gasteiger partial charge on any atom is 0.340 e. The van der Waals surface area contributed by atoms with Gasteiger partial charge in [0.2, 0.25) is 11.9 Å². The average molecular weight is 561 g/mol. The molecule has 2 aromatic rings. The number of nitrogens with two attached hydrogens (primary N) is 1. The highest BCUT2D eigenvalue weighted by molar-refractivity contribution is 7.70. The summed E-state index contributed by atoms with van der Waals surface area (Å²) in [5, 5.41) is 23.0. The summed E-state index contributed by atoms with van der Waals surface area (Å²) in [4.78, 5) is 52.7. The Kier molecular flexibility index (Phi) is 8.70. The van der Waals surface area contributed by atoms with Crippen LogP contribution in [0.15, 0.2) is 11.1 Å². The predicted octanol–water partition coefficient (Wildman–Crippen LogP) is -1.96. The first-order valence-corrected chi connectivity index (χ1v) is 13.9. The van der Waals surface area contributed by atoms with Crippen molar-refractivity contribution in [2.24, 2.45) is 0 Å². The van der Waals surface area contributed by atoms with E-state index >= 15 is 0 Å². The second kappa shape index (κ2) is 11.0. The van der Waals surface area contributed by atoms with Gasteiger partial charge < -0.3 is 44.8 Å². The number of imidazole rings is 1. The van der Waals surface area contributed by atoms with Crippen molar-refractivity contribution < 1.29 is 47.7 Å². The molecule has 0 saturated carbocycles. The number of nitrogen functional groups attached to an aromatic ring is 1. The molecule has 2 aromatic heterocycles. The third-order valence-corrected chi connectivity index (χ3v) is 8.94. The Bertz CT molecular complexity index is 1220. The Balaban J connectivity index is 1.60. The molecule has 0 aromatic carbocycles. The molecule has 3 heterocycles. The largest absolute Gasteiger partial charge is 0.387 e. The van der Waals surface area contributed by atoms with Crippen molar-refractivity contribution in [2.75, 3.05) is 37.3 Å². The Labute approximate surface area is 201 Å². The van der Waals surface area contributed by atoms with Gasteiger partial charge in [-0.25, -0.2) is 4.98 Å². The zero-order valence-corrected chi connectivity index (χ0v) is 20.3. The number of halogens is 1. The minimum Gasteiger partial charge on any atom is -0.387 e. The van der Waals surface area contributed by atoms with Crippen LogP contribution in [0.4, 0.5) is 5.95 Å². The number of aliphatic hydroxyl groups excluding tert-OH is 2. The van der Waals surface area contributed by atoms with Gasteiger partial charge in [-0.05, 0) is 0 Å². The summed E-state index contributed by atoms with van der Waals surface area (Å²) in [5.74, 6) is -2.36. The van der Waals surface area contributed by atoms with Gasteiger partial charge in [0.05, 0.1) is 19.5 Å². The molecule has 8 N–H and O–H groups in total. The average Bonchev–Trinajstić information content (AvgIpc) is 3.30. The standard InChI is InChI=1S/C15H23ClN6O11P2/c16-3-8(23)18-1-2-31-34(27,28)6-35(29,30)32-4-7-10(24)11(25)14(33-7)22-5-19-9-12(22)20-15(17)21-13(9)26/h5,7,10-11,14,24-25H,1-4,6H2,(H,18,23)(H,27,28)(H,29,30)(H3,17,20,21,26). The number of nitrogens with zero attached hydrogens (tertiary/aromatic N) is 3. The van der Waals surface area contributed by atoms with E-state index in [1.165, 1.54) is 0 Å². The third kappa shape index (κ3) is 6.86. The van der Waals surface area contributed by atoms with E-state index in [1.54, 1.807) is 0 Å². The zero-order chi connectivity index (χ0) is 26.0. The van der Waals surface area contributed by atoms with E-state index in [0.717, 1.165) is 10.9 Å². The molecule has 1 saturated heterocycles. The summed E-state index contributed by atoms with van der Waals surface area (Å²) < 4.78 is 40.5. The van der Waals surface area contributed by atoms with Crippen LogP contribution in [0.3, 0.4) is 0 Å². The number of hydrogen-bond acceptors (Lipinski definition) is 12. The van der Waals surface area contributed by atoms with Crippen LogP contribution >= 0.6 is 26.8 Å². The number of alkyl halides is 1. The number of ether oxygens (including phenoxy) is 1. The summed E-state index contributed by atoms with van der Waals surface area (Å²) in [7, 11) is -9.33. The molecule has 35 heavy (non-hydrogen) atoms. The van der Waals surface area contributed by atoms with Gasteiger partial charge in [-0.2, -0.15) is 4.98 Å². The molecule has 1 fully saturated rings. The molecular weight excluding hydrogens is 538 g/mol. The Hall–Kier alpha value is -1.91. The van der Waals surface area contributed by atoms with Crippen LogP contribution in [0.5, 0.6) is 0 Å². The SMILES string of the molecule is Nc1nc2c(ncn2C2OC(COP(=O)(O)CP(=O)(O)OCCNC(=O)CCl)C(O)C2O)c(=O)[nH]1. The minimum absolute atomic E-state index is 0.0440. The Morgan fingerprint density at radius 2 is 1.97 bits per heavy atom. The lowest BCUT2D eigenvalue weighted by atomic mass is 10.1. The number of carbonyl (C=O) groups excluding carboxylic acids is 1. The van der Waals surface area contributed by atoms with Crippen molar-refractivity contribution in [2.45, 2.75) is 24.5 Å². The fourth-order valence-corrected chi connectivity index (χ4v) is 6.46. The highest BCUT2D eigenvalue weighted by Crippen LogP contribution is 2.58. The van der Waals surface area contributed by atoms with Crippen molar-refractivity contribution in [1.82, 2.24) is 24.8 Å². The molecule has 1 aliphatic rings. The Morgan fingerprint density at radius 1 is 1.29 bits per heavy atom. The molecule has 196 valence electrons. The van der Waals surface area contributed by atoms with Crippen LogP contribution in [-0.4, -0.2) is 95.3 Å². The molecule has 20 heteroatoms. The van der Waals surface area contributed by atoms with Crippen LogP contribution < -0.4 is 16.6 Å². The first-order chi connectivity index (χ1) is 16.3. The van der Waals surface area contributed by atoms with E-state index < -0.39 is 70.3 Å². The molecule has 0 aliphatic carbocycles. The number of H-pyrrole nitrogens is 1. The zero-order valence-electron chi connectivity index (χ0n) is 17.8. The molecule has 1 amide bonds. The summed E-state index contributed by atoms with van der Waals surface area (Å²) in [5.41, 5.74) is 4.74. The number of aliphatic hydroxyl groups is 2. The fraction of sp³-hybridized carbons (Fsp3) is 0.600. The summed E-state index contributed by atoms with van der Waals surface area (Å²) in [6.45, 7) is -1.35. The van der Waals surface area contributed by atoms with Crippen LogP contribution in [0.2, 0.25) is 0 Å². The number of anilines is 1. The maximum atomic E-state index is 12.3. The second-order valence-electron chi connectivity index (χ2n) is 7.35. The Morgan fingerprint density at radius 3 is 2.66 bits per heavy atom. The highest BCUT2D eigenvalue weighted by Gasteiger charge is 2.46. The molecule has 0 radical (unpaired) electrons. The van der Waals surface area contributed by atoms with Crippen molar-refractivity contribution in [3.63, 3.8) is 0 Å². The number of carbonyl (C=O) groups is 1. The van der Waals surface area contributed by atoms with Gasteiger partial charge in [0.15, 0.2) is 23.3 Å². The van der Waals surface area contributed by atoms with Gasteiger partial charge in [-0.3, -0.25) is 28.3 Å².